The van der Waals surface area contributed by atoms with Gasteiger partial charge in [0.25, 0.3) is 0 Å². The molecule has 0 aliphatic rings. The lowest BCUT2D eigenvalue weighted by Gasteiger charge is -2.10. The Morgan fingerprint density at radius 3 is 2.71 bits per heavy atom. The molecule has 112 valence electrons. The fourth-order valence-electron chi connectivity index (χ4n) is 2.31. The molecule has 0 aliphatic heterocycles. The van der Waals surface area contributed by atoms with E-state index in [9.17, 15) is 0 Å². The summed E-state index contributed by atoms with van der Waals surface area (Å²) in [4.78, 5) is 4.89. The predicted molar refractivity (Wildman–Crippen MR) is 91.9 cm³/mol. The number of hydrogen-bond acceptors (Lipinski definition) is 3. The van der Waals surface area contributed by atoms with E-state index in [0.29, 0.717) is 17.5 Å². The third-order valence-electron chi connectivity index (χ3n) is 3.46. The van der Waals surface area contributed by atoms with Gasteiger partial charge >= 0.3 is 0 Å². The van der Waals surface area contributed by atoms with Gasteiger partial charge in [-0.25, -0.2) is 4.98 Å². The van der Waals surface area contributed by atoms with E-state index in [4.69, 9.17) is 22.7 Å². The Labute approximate surface area is 131 Å². The van der Waals surface area contributed by atoms with Crippen LogP contribution in [0.3, 0.4) is 0 Å². The number of para-hydroxylation sites is 1. The van der Waals surface area contributed by atoms with Crippen LogP contribution in [0.25, 0.3) is 10.9 Å². The Bertz CT molecular complexity index is 613. The minimum atomic E-state index is 0.376. The Morgan fingerprint density at radius 1 is 1.19 bits per heavy atom. The normalized spacial score (nSPS) is 10.7. The number of hydrogen-bond donors (Lipinski definition) is 1. The quantitative estimate of drug-likeness (QED) is 0.586. The minimum Gasteiger partial charge on any atom is -0.478 e. The summed E-state index contributed by atoms with van der Waals surface area (Å²) in [6.45, 7) is 2.90. The van der Waals surface area contributed by atoms with E-state index in [1.807, 2.05) is 30.3 Å². The predicted octanol–water partition coefficient (Wildman–Crippen LogP) is 4.22. The van der Waals surface area contributed by atoms with Crippen LogP contribution in [0.2, 0.25) is 0 Å². The van der Waals surface area contributed by atoms with Crippen molar-refractivity contribution in [3.05, 3.63) is 35.9 Å². The Kier molecular flexibility index (Phi) is 5.93. The van der Waals surface area contributed by atoms with Crippen molar-refractivity contribution in [1.82, 2.24) is 4.98 Å². The maximum absolute atomic E-state index is 5.81. The van der Waals surface area contributed by atoms with Gasteiger partial charge in [0, 0.05) is 17.0 Å². The Balaban J connectivity index is 2.05. The molecule has 2 rings (SSSR count). The van der Waals surface area contributed by atoms with E-state index in [2.05, 4.69) is 11.9 Å². The highest BCUT2D eigenvalue weighted by Gasteiger charge is 2.08. The van der Waals surface area contributed by atoms with Crippen molar-refractivity contribution in [2.45, 2.75) is 39.0 Å². The molecule has 0 atom stereocenters. The van der Waals surface area contributed by atoms with Gasteiger partial charge in [0.2, 0.25) is 5.88 Å². The van der Waals surface area contributed by atoms with Crippen LogP contribution in [0.1, 0.15) is 44.6 Å². The molecule has 1 heterocycles. The van der Waals surface area contributed by atoms with Crippen molar-refractivity contribution in [1.29, 1.82) is 0 Å². The highest BCUT2D eigenvalue weighted by Crippen LogP contribution is 2.22. The van der Waals surface area contributed by atoms with Gasteiger partial charge in [-0.3, -0.25) is 0 Å². The number of ether oxygens (including phenoxy) is 1. The number of pyridine rings is 1. The molecule has 3 nitrogen and oxygen atoms in total. The first kappa shape index (κ1) is 15.7. The van der Waals surface area contributed by atoms with E-state index in [1.54, 1.807) is 0 Å². The molecule has 1 aromatic carbocycles. The molecule has 2 N–H and O–H groups in total. The molecule has 21 heavy (non-hydrogen) atoms. The summed E-state index contributed by atoms with van der Waals surface area (Å²) in [5.41, 5.74) is 7.50. The number of aromatic nitrogens is 1. The first-order valence-corrected chi connectivity index (χ1v) is 7.95. The number of unbranched alkanes of at least 4 members (excludes halogenated alkanes) is 4. The van der Waals surface area contributed by atoms with Crippen molar-refractivity contribution >= 4 is 28.1 Å². The van der Waals surface area contributed by atoms with Crippen molar-refractivity contribution in [3.63, 3.8) is 0 Å². The minimum absolute atomic E-state index is 0.376. The molecule has 0 radical (unpaired) electrons. The van der Waals surface area contributed by atoms with Crippen LogP contribution in [0, 0.1) is 0 Å². The molecule has 4 heteroatoms. The third kappa shape index (κ3) is 4.39. The first-order chi connectivity index (χ1) is 10.2. The number of rotatable bonds is 8. The van der Waals surface area contributed by atoms with Crippen LogP contribution >= 0.6 is 12.2 Å². The number of thiocarbonyl (C=S) groups is 1. The largest absolute Gasteiger partial charge is 0.478 e. The van der Waals surface area contributed by atoms with Gasteiger partial charge in [0.05, 0.1) is 12.1 Å². The van der Waals surface area contributed by atoms with Crippen molar-refractivity contribution in [3.8, 4) is 5.88 Å². The second kappa shape index (κ2) is 7.93. The highest BCUT2D eigenvalue weighted by atomic mass is 32.1. The standard InChI is InChI=1S/C17H22N2OS/c1-2-3-4-5-8-11-20-16-12-14(17(18)21)13-9-6-7-10-15(13)19-16/h6-7,9-10,12H,2-5,8,11H2,1H3,(H2,18,21). The lowest BCUT2D eigenvalue weighted by molar-refractivity contribution is 0.294. The zero-order chi connectivity index (χ0) is 15.1. The summed E-state index contributed by atoms with van der Waals surface area (Å²) in [7, 11) is 0. The fourth-order valence-corrected chi connectivity index (χ4v) is 2.48. The van der Waals surface area contributed by atoms with Crippen molar-refractivity contribution in [2.24, 2.45) is 5.73 Å². The van der Waals surface area contributed by atoms with Gasteiger partial charge in [-0.2, -0.15) is 0 Å². The van der Waals surface area contributed by atoms with E-state index >= 15 is 0 Å². The number of benzene rings is 1. The van der Waals surface area contributed by atoms with Crippen LogP contribution in [0.4, 0.5) is 0 Å². The van der Waals surface area contributed by atoms with Crippen molar-refractivity contribution in [2.75, 3.05) is 6.61 Å². The van der Waals surface area contributed by atoms with Crippen LogP contribution in [0.5, 0.6) is 5.88 Å². The van der Waals surface area contributed by atoms with E-state index in [-0.39, 0.29) is 0 Å². The molecule has 0 saturated heterocycles. The average Bonchev–Trinajstić information content (AvgIpc) is 2.49. The molecule has 0 unspecified atom stereocenters. The smallest absolute Gasteiger partial charge is 0.214 e. The molecule has 0 saturated carbocycles. The average molecular weight is 302 g/mol. The van der Waals surface area contributed by atoms with Gasteiger partial charge in [-0.1, -0.05) is 63.0 Å². The number of nitrogens with two attached hydrogens (primary N) is 1. The van der Waals surface area contributed by atoms with Gasteiger partial charge in [0.15, 0.2) is 0 Å². The van der Waals surface area contributed by atoms with E-state index < -0.39 is 0 Å². The fraction of sp³-hybridized carbons (Fsp3) is 0.412. The molecule has 0 amide bonds. The van der Waals surface area contributed by atoms with Crippen LogP contribution in [-0.4, -0.2) is 16.6 Å². The van der Waals surface area contributed by atoms with E-state index in [1.165, 1.54) is 25.7 Å². The molecule has 0 fully saturated rings. The monoisotopic (exact) mass is 302 g/mol. The molecular weight excluding hydrogens is 280 g/mol. The summed E-state index contributed by atoms with van der Waals surface area (Å²) in [5.74, 6) is 0.604. The Hall–Kier alpha value is -1.68. The zero-order valence-corrected chi connectivity index (χ0v) is 13.3. The number of fused-ring (bicyclic) bond motifs is 1. The van der Waals surface area contributed by atoms with Crippen LogP contribution in [0.15, 0.2) is 30.3 Å². The second-order valence-electron chi connectivity index (χ2n) is 5.15. The molecular formula is C17H22N2OS. The first-order valence-electron chi connectivity index (χ1n) is 7.54. The lowest BCUT2D eigenvalue weighted by atomic mass is 10.1. The summed E-state index contributed by atoms with van der Waals surface area (Å²) < 4.78 is 5.76. The van der Waals surface area contributed by atoms with Gasteiger partial charge in [0.1, 0.15) is 4.99 Å². The van der Waals surface area contributed by atoms with E-state index in [0.717, 1.165) is 22.9 Å². The summed E-state index contributed by atoms with van der Waals surface area (Å²) >= 11 is 5.13. The molecule has 0 spiro atoms. The SMILES string of the molecule is CCCCCCCOc1cc(C(N)=S)c2ccccc2n1. The lowest BCUT2D eigenvalue weighted by Crippen LogP contribution is -2.11. The number of nitrogens with zero attached hydrogens (tertiary/aromatic N) is 1. The maximum Gasteiger partial charge on any atom is 0.214 e. The Morgan fingerprint density at radius 2 is 1.95 bits per heavy atom. The summed E-state index contributed by atoms with van der Waals surface area (Å²) in [6, 6.07) is 9.68. The zero-order valence-electron chi connectivity index (χ0n) is 12.5. The summed E-state index contributed by atoms with van der Waals surface area (Å²) in [6.07, 6.45) is 6.06. The summed E-state index contributed by atoms with van der Waals surface area (Å²) in [5, 5.41) is 0.972. The molecule has 2 aromatic rings. The molecule has 0 aliphatic carbocycles. The van der Waals surface area contributed by atoms with Crippen LogP contribution < -0.4 is 10.5 Å². The van der Waals surface area contributed by atoms with Gasteiger partial charge in [-0.15, -0.1) is 0 Å². The molecule has 1 aromatic heterocycles. The second-order valence-corrected chi connectivity index (χ2v) is 5.59. The highest BCUT2D eigenvalue weighted by molar-refractivity contribution is 7.80. The van der Waals surface area contributed by atoms with Gasteiger partial charge in [-0.05, 0) is 12.5 Å². The third-order valence-corrected chi connectivity index (χ3v) is 3.68. The van der Waals surface area contributed by atoms with Crippen LogP contribution in [-0.2, 0) is 0 Å². The molecule has 0 bridgehead atoms. The van der Waals surface area contributed by atoms with Crippen molar-refractivity contribution < 1.29 is 4.74 Å². The topological polar surface area (TPSA) is 48.1 Å². The maximum atomic E-state index is 5.81. The van der Waals surface area contributed by atoms with Gasteiger partial charge < -0.3 is 10.5 Å².